The Hall–Kier alpha value is -0.480. The molecule has 1 aromatic rings. The number of aryl methyl sites for hydroxylation is 1. The normalized spacial score (nSPS) is 23.8. The lowest BCUT2D eigenvalue weighted by molar-refractivity contribution is 0.772. The van der Waals surface area contributed by atoms with Crippen LogP contribution in [0.4, 0.5) is 0 Å². The summed E-state index contributed by atoms with van der Waals surface area (Å²) in [5.41, 5.74) is 0. The highest BCUT2D eigenvalue weighted by molar-refractivity contribution is 8.14. The lowest BCUT2D eigenvalue weighted by Crippen LogP contribution is -2.18. The van der Waals surface area contributed by atoms with Gasteiger partial charge in [-0.15, -0.1) is 11.3 Å². The zero-order valence-electron chi connectivity index (χ0n) is 10.1. The summed E-state index contributed by atoms with van der Waals surface area (Å²) >= 11 is 3.87. The predicted molar refractivity (Wildman–Crippen MR) is 76.9 cm³/mol. The summed E-state index contributed by atoms with van der Waals surface area (Å²) in [5.74, 6) is 0.955. The van der Waals surface area contributed by atoms with Crippen molar-refractivity contribution in [1.29, 1.82) is 0 Å². The Bertz CT molecular complexity index is 421. The smallest absolute Gasteiger partial charge is 0.157 e. The topological polar surface area (TPSA) is 24.4 Å². The number of hydrogen-bond donors (Lipinski definition) is 1. The van der Waals surface area contributed by atoms with Gasteiger partial charge in [-0.1, -0.05) is 18.7 Å². The third kappa shape index (κ3) is 2.86. The average molecular weight is 266 g/mol. The molecule has 1 aliphatic carbocycles. The second-order valence-electron chi connectivity index (χ2n) is 4.71. The Morgan fingerprint density at radius 3 is 2.88 bits per heavy atom. The first-order valence-corrected chi connectivity index (χ1v) is 8.07. The van der Waals surface area contributed by atoms with Crippen LogP contribution in [-0.2, 0) is 13.0 Å². The van der Waals surface area contributed by atoms with Gasteiger partial charge in [-0.3, -0.25) is 4.99 Å². The van der Waals surface area contributed by atoms with Crippen LogP contribution in [0.1, 0.15) is 29.5 Å². The summed E-state index contributed by atoms with van der Waals surface area (Å²) in [6.45, 7) is 4.18. The van der Waals surface area contributed by atoms with Crippen LogP contribution in [0.25, 0.3) is 0 Å². The Labute approximate surface area is 111 Å². The third-order valence-electron chi connectivity index (χ3n) is 3.31. The van der Waals surface area contributed by atoms with E-state index in [1.165, 1.54) is 22.6 Å². The minimum absolute atomic E-state index is 0.770. The minimum Gasteiger partial charge on any atom is -0.360 e. The zero-order chi connectivity index (χ0) is 11.7. The van der Waals surface area contributed by atoms with E-state index >= 15 is 0 Å². The summed E-state index contributed by atoms with van der Waals surface area (Å²) in [6.07, 6.45) is 3.99. The molecular formula is C13H18N2S2. The molecule has 4 heteroatoms. The fourth-order valence-corrected chi connectivity index (χ4v) is 4.17. The number of rotatable bonds is 4. The maximum atomic E-state index is 4.59. The molecule has 92 valence electrons. The molecular weight excluding hydrogens is 248 g/mol. The number of amidine groups is 1. The SMILES string of the molecule is CCc1ccc(CNC2=NCC(C3CC3)S2)s1. The van der Waals surface area contributed by atoms with Crippen LogP contribution in [0.5, 0.6) is 0 Å². The van der Waals surface area contributed by atoms with E-state index in [4.69, 9.17) is 0 Å². The fraction of sp³-hybridized carbons (Fsp3) is 0.615. The van der Waals surface area contributed by atoms with E-state index in [2.05, 4.69) is 29.4 Å². The number of hydrogen-bond acceptors (Lipinski definition) is 4. The van der Waals surface area contributed by atoms with Gasteiger partial charge in [0, 0.05) is 15.0 Å². The Morgan fingerprint density at radius 2 is 2.18 bits per heavy atom. The van der Waals surface area contributed by atoms with Crippen molar-refractivity contribution in [3.05, 3.63) is 21.9 Å². The summed E-state index contributed by atoms with van der Waals surface area (Å²) in [4.78, 5) is 7.48. The van der Waals surface area contributed by atoms with E-state index in [1.807, 2.05) is 23.1 Å². The maximum absolute atomic E-state index is 4.59. The predicted octanol–water partition coefficient (Wildman–Crippen LogP) is 3.28. The van der Waals surface area contributed by atoms with E-state index < -0.39 is 0 Å². The highest BCUT2D eigenvalue weighted by Gasteiger charge is 2.35. The van der Waals surface area contributed by atoms with Gasteiger partial charge in [-0.25, -0.2) is 0 Å². The quantitative estimate of drug-likeness (QED) is 0.904. The van der Waals surface area contributed by atoms with Crippen LogP contribution in [0, 0.1) is 5.92 Å². The lowest BCUT2D eigenvalue weighted by Gasteiger charge is -2.06. The van der Waals surface area contributed by atoms with Crippen molar-refractivity contribution in [2.24, 2.45) is 10.9 Å². The van der Waals surface area contributed by atoms with E-state index in [0.29, 0.717) is 0 Å². The average Bonchev–Trinajstić information content (AvgIpc) is 2.93. The van der Waals surface area contributed by atoms with Crippen molar-refractivity contribution in [2.45, 2.75) is 38.0 Å². The van der Waals surface area contributed by atoms with Crippen molar-refractivity contribution in [1.82, 2.24) is 5.32 Å². The number of thioether (sulfide) groups is 1. The van der Waals surface area contributed by atoms with Crippen molar-refractivity contribution in [3.63, 3.8) is 0 Å². The molecule has 17 heavy (non-hydrogen) atoms. The molecule has 0 spiro atoms. The first-order valence-electron chi connectivity index (χ1n) is 6.37. The summed E-state index contributed by atoms with van der Waals surface area (Å²) in [7, 11) is 0. The van der Waals surface area contributed by atoms with Gasteiger partial charge in [0.2, 0.25) is 0 Å². The monoisotopic (exact) mass is 266 g/mol. The van der Waals surface area contributed by atoms with Crippen molar-refractivity contribution in [3.8, 4) is 0 Å². The van der Waals surface area contributed by atoms with E-state index in [0.717, 1.165) is 35.8 Å². The largest absolute Gasteiger partial charge is 0.360 e. The van der Waals surface area contributed by atoms with E-state index in [1.54, 1.807) is 0 Å². The van der Waals surface area contributed by atoms with Crippen LogP contribution in [-0.4, -0.2) is 17.0 Å². The van der Waals surface area contributed by atoms with Crippen LogP contribution in [0.15, 0.2) is 17.1 Å². The van der Waals surface area contributed by atoms with Gasteiger partial charge in [0.15, 0.2) is 5.17 Å². The Morgan fingerprint density at radius 1 is 1.35 bits per heavy atom. The van der Waals surface area contributed by atoms with Crippen LogP contribution < -0.4 is 5.32 Å². The molecule has 0 bridgehead atoms. The molecule has 1 N–H and O–H groups in total. The van der Waals surface area contributed by atoms with Crippen molar-refractivity contribution in [2.75, 3.05) is 6.54 Å². The van der Waals surface area contributed by atoms with Crippen molar-refractivity contribution >= 4 is 28.3 Å². The maximum Gasteiger partial charge on any atom is 0.157 e. The second kappa shape index (κ2) is 5.02. The van der Waals surface area contributed by atoms with Gasteiger partial charge in [0.1, 0.15) is 0 Å². The molecule has 2 heterocycles. The molecule has 3 rings (SSSR count). The van der Waals surface area contributed by atoms with Gasteiger partial charge < -0.3 is 5.32 Å². The molecule has 1 aliphatic heterocycles. The van der Waals surface area contributed by atoms with E-state index in [9.17, 15) is 0 Å². The molecule has 0 amide bonds. The van der Waals surface area contributed by atoms with Crippen LogP contribution in [0.3, 0.4) is 0 Å². The first-order chi connectivity index (χ1) is 8.35. The molecule has 1 atom stereocenters. The van der Waals surface area contributed by atoms with Gasteiger partial charge >= 0.3 is 0 Å². The summed E-state index contributed by atoms with van der Waals surface area (Å²) in [5, 5.41) is 5.40. The molecule has 2 aliphatic rings. The molecule has 1 fully saturated rings. The standard InChI is InChI=1S/C13H18N2S2/c1-2-10-5-6-11(16-10)7-14-13-15-8-12(17-13)9-3-4-9/h5-6,9,12H,2-4,7-8H2,1H3,(H,14,15). The summed E-state index contributed by atoms with van der Waals surface area (Å²) in [6, 6.07) is 4.47. The number of thiophene rings is 1. The number of aliphatic imine (C=N–C) groups is 1. The van der Waals surface area contributed by atoms with Gasteiger partial charge in [0.05, 0.1) is 13.1 Å². The lowest BCUT2D eigenvalue weighted by atomic mass is 10.3. The Kier molecular flexibility index (Phi) is 3.43. The molecule has 2 nitrogen and oxygen atoms in total. The zero-order valence-corrected chi connectivity index (χ0v) is 11.7. The van der Waals surface area contributed by atoms with Crippen LogP contribution >= 0.6 is 23.1 Å². The minimum atomic E-state index is 0.770. The van der Waals surface area contributed by atoms with E-state index in [-0.39, 0.29) is 0 Å². The molecule has 0 aromatic carbocycles. The Balaban J connectivity index is 1.48. The third-order valence-corrected chi connectivity index (χ3v) is 5.87. The first kappa shape index (κ1) is 11.6. The molecule has 1 aromatic heterocycles. The molecule has 0 saturated heterocycles. The highest BCUT2D eigenvalue weighted by atomic mass is 32.2. The van der Waals surface area contributed by atoms with Crippen molar-refractivity contribution < 1.29 is 0 Å². The summed E-state index contributed by atoms with van der Waals surface area (Å²) < 4.78 is 0. The molecule has 0 radical (unpaired) electrons. The highest BCUT2D eigenvalue weighted by Crippen LogP contribution is 2.41. The molecule has 1 saturated carbocycles. The number of nitrogens with one attached hydrogen (secondary N) is 1. The van der Waals surface area contributed by atoms with Gasteiger partial charge in [0.25, 0.3) is 0 Å². The van der Waals surface area contributed by atoms with Crippen LogP contribution in [0.2, 0.25) is 0 Å². The second-order valence-corrected chi connectivity index (χ2v) is 7.20. The number of nitrogens with zero attached hydrogens (tertiary/aromatic N) is 1. The van der Waals surface area contributed by atoms with Gasteiger partial charge in [-0.05, 0) is 37.3 Å². The van der Waals surface area contributed by atoms with Gasteiger partial charge in [-0.2, -0.15) is 0 Å². The molecule has 1 unspecified atom stereocenters. The fourth-order valence-electron chi connectivity index (χ4n) is 2.07.